The molecular formula is C15H23NO3. The zero-order chi connectivity index (χ0) is 14.0. The quantitative estimate of drug-likeness (QED) is 0.780. The number of carbonyl (C=O) groups excluding carboxylic acids is 1. The molecule has 0 radical (unpaired) electrons. The van der Waals surface area contributed by atoms with Gasteiger partial charge in [-0.05, 0) is 46.0 Å². The molecule has 2 rings (SSSR count). The molecule has 0 aromatic heterocycles. The molecule has 1 heterocycles. The Morgan fingerprint density at radius 3 is 2.11 bits per heavy atom. The van der Waals surface area contributed by atoms with Crippen LogP contribution in [0.1, 0.15) is 46.0 Å². The highest BCUT2D eigenvalue weighted by Gasteiger charge is 2.39. The van der Waals surface area contributed by atoms with Crippen LogP contribution in [0.4, 0.5) is 0 Å². The van der Waals surface area contributed by atoms with Crippen LogP contribution in [0.25, 0.3) is 0 Å². The molecule has 4 heteroatoms. The van der Waals surface area contributed by atoms with Crippen molar-refractivity contribution in [3.05, 3.63) is 12.2 Å². The Morgan fingerprint density at radius 2 is 1.58 bits per heavy atom. The molecule has 1 saturated heterocycles. The van der Waals surface area contributed by atoms with Crippen molar-refractivity contribution in [3.8, 4) is 0 Å². The molecule has 1 N–H and O–H groups in total. The van der Waals surface area contributed by atoms with Crippen molar-refractivity contribution in [1.29, 1.82) is 0 Å². The zero-order valence-electron chi connectivity index (χ0n) is 11.7. The van der Waals surface area contributed by atoms with Gasteiger partial charge in [-0.1, -0.05) is 12.2 Å². The highest BCUT2D eigenvalue weighted by Crippen LogP contribution is 2.32. The standard InChI is InChI=1S/C15H23NO3/c1-10-6-5-7-11(2)16(10)14(17)12-8-3-4-9-13(12)15(18)19/h3-4,10-13H,5-9H2,1-2H3,(H,18,19)/t10?,11?,12-,13+/m1/s1. The van der Waals surface area contributed by atoms with Gasteiger partial charge in [-0.3, -0.25) is 9.59 Å². The van der Waals surface area contributed by atoms with Gasteiger partial charge in [-0.2, -0.15) is 0 Å². The number of carbonyl (C=O) groups is 2. The molecule has 4 atom stereocenters. The van der Waals surface area contributed by atoms with E-state index in [1.807, 2.05) is 17.1 Å². The minimum atomic E-state index is -0.847. The highest BCUT2D eigenvalue weighted by molar-refractivity contribution is 5.85. The number of amides is 1. The molecule has 0 saturated carbocycles. The van der Waals surface area contributed by atoms with Crippen molar-refractivity contribution < 1.29 is 14.7 Å². The molecule has 4 nitrogen and oxygen atoms in total. The van der Waals surface area contributed by atoms with E-state index >= 15 is 0 Å². The Balaban J connectivity index is 2.17. The third-order valence-corrected chi connectivity index (χ3v) is 4.51. The van der Waals surface area contributed by atoms with E-state index in [9.17, 15) is 14.7 Å². The third kappa shape index (κ3) is 2.82. The van der Waals surface area contributed by atoms with E-state index in [4.69, 9.17) is 0 Å². The first kappa shape index (κ1) is 14.1. The number of nitrogens with zero attached hydrogens (tertiary/aromatic N) is 1. The van der Waals surface area contributed by atoms with Gasteiger partial charge in [0.2, 0.25) is 5.91 Å². The number of likely N-dealkylation sites (tertiary alicyclic amines) is 1. The Labute approximate surface area is 114 Å². The van der Waals surface area contributed by atoms with Gasteiger partial charge in [-0.15, -0.1) is 0 Å². The molecule has 0 aromatic carbocycles. The highest BCUT2D eigenvalue weighted by atomic mass is 16.4. The van der Waals surface area contributed by atoms with Crippen LogP contribution in [0, 0.1) is 11.8 Å². The topological polar surface area (TPSA) is 57.6 Å². The lowest BCUT2D eigenvalue weighted by Crippen LogP contribution is -2.51. The zero-order valence-corrected chi connectivity index (χ0v) is 11.7. The van der Waals surface area contributed by atoms with Crippen LogP contribution in [0.15, 0.2) is 12.2 Å². The molecule has 0 spiro atoms. The van der Waals surface area contributed by atoms with E-state index in [1.165, 1.54) is 0 Å². The lowest BCUT2D eigenvalue weighted by Gasteiger charge is -2.42. The summed E-state index contributed by atoms with van der Waals surface area (Å²) >= 11 is 0. The van der Waals surface area contributed by atoms with Crippen LogP contribution in [0.3, 0.4) is 0 Å². The van der Waals surface area contributed by atoms with Gasteiger partial charge in [0.25, 0.3) is 0 Å². The average molecular weight is 265 g/mol. The van der Waals surface area contributed by atoms with Gasteiger partial charge in [0.1, 0.15) is 0 Å². The summed E-state index contributed by atoms with van der Waals surface area (Å²) in [5.74, 6) is -1.75. The Morgan fingerprint density at radius 1 is 1.05 bits per heavy atom. The fraction of sp³-hybridized carbons (Fsp3) is 0.733. The predicted octanol–water partition coefficient (Wildman–Crippen LogP) is 2.44. The fourth-order valence-electron chi connectivity index (χ4n) is 3.41. The van der Waals surface area contributed by atoms with Gasteiger partial charge in [-0.25, -0.2) is 0 Å². The van der Waals surface area contributed by atoms with E-state index in [-0.39, 0.29) is 23.9 Å². The SMILES string of the molecule is CC1CCCC(C)N1C(=O)[C@@H]1CC=CC[C@@H]1C(=O)O. The van der Waals surface area contributed by atoms with Gasteiger partial charge >= 0.3 is 5.97 Å². The lowest BCUT2D eigenvalue weighted by molar-refractivity contribution is -0.153. The van der Waals surface area contributed by atoms with E-state index in [1.54, 1.807) is 0 Å². The number of rotatable bonds is 2. The number of hydrogen-bond acceptors (Lipinski definition) is 2. The maximum absolute atomic E-state index is 12.7. The van der Waals surface area contributed by atoms with E-state index in [2.05, 4.69) is 13.8 Å². The summed E-state index contributed by atoms with van der Waals surface area (Å²) < 4.78 is 0. The molecule has 106 valence electrons. The van der Waals surface area contributed by atoms with Crippen molar-refractivity contribution in [3.63, 3.8) is 0 Å². The summed E-state index contributed by atoms with van der Waals surface area (Å²) in [7, 11) is 0. The fourth-order valence-corrected chi connectivity index (χ4v) is 3.41. The number of hydrogen-bond donors (Lipinski definition) is 1. The summed E-state index contributed by atoms with van der Waals surface area (Å²) in [5.41, 5.74) is 0. The molecular weight excluding hydrogens is 242 g/mol. The predicted molar refractivity (Wildman–Crippen MR) is 72.6 cm³/mol. The van der Waals surface area contributed by atoms with Gasteiger partial charge in [0.15, 0.2) is 0 Å². The molecule has 2 aliphatic rings. The number of aliphatic carboxylic acids is 1. The second-order valence-electron chi connectivity index (χ2n) is 5.87. The molecule has 0 bridgehead atoms. The van der Waals surface area contributed by atoms with Crippen LogP contribution in [-0.4, -0.2) is 34.0 Å². The minimum absolute atomic E-state index is 0.0384. The second-order valence-corrected chi connectivity index (χ2v) is 5.87. The summed E-state index contributed by atoms with van der Waals surface area (Å²) in [5, 5.41) is 9.28. The molecule has 2 unspecified atom stereocenters. The van der Waals surface area contributed by atoms with Gasteiger partial charge in [0.05, 0.1) is 11.8 Å². The van der Waals surface area contributed by atoms with Crippen molar-refractivity contribution >= 4 is 11.9 Å². The monoisotopic (exact) mass is 265 g/mol. The molecule has 1 amide bonds. The summed E-state index contributed by atoms with van der Waals surface area (Å²) in [6.45, 7) is 4.14. The molecule has 19 heavy (non-hydrogen) atoms. The Hall–Kier alpha value is -1.32. The van der Waals surface area contributed by atoms with E-state index < -0.39 is 11.9 Å². The van der Waals surface area contributed by atoms with Crippen LogP contribution in [0.5, 0.6) is 0 Å². The number of carboxylic acids is 1. The third-order valence-electron chi connectivity index (χ3n) is 4.51. The van der Waals surface area contributed by atoms with Crippen LogP contribution in [-0.2, 0) is 9.59 Å². The maximum Gasteiger partial charge on any atom is 0.307 e. The van der Waals surface area contributed by atoms with Gasteiger partial charge in [0, 0.05) is 12.1 Å². The number of allylic oxidation sites excluding steroid dienone is 2. The second kappa shape index (κ2) is 5.76. The minimum Gasteiger partial charge on any atom is -0.481 e. The summed E-state index contributed by atoms with van der Waals surface area (Å²) in [6, 6.07) is 0.466. The van der Waals surface area contributed by atoms with Crippen molar-refractivity contribution in [2.24, 2.45) is 11.8 Å². The number of carboxylic acid groups (broad SMARTS) is 1. The molecule has 1 aliphatic carbocycles. The Bertz CT molecular complexity index is 381. The normalized spacial score (nSPS) is 35.2. The maximum atomic E-state index is 12.7. The first-order valence-electron chi connectivity index (χ1n) is 7.22. The van der Waals surface area contributed by atoms with Crippen molar-refractivity contribution in [2.45, 2.75) is 58.0 Å². The number of piperidine rings is 1. The first-order chi connectivity index (χ1) is 9.02. The lowest BCUT2D eigenvalue weighted by atomic mass is 9.81. The first-order valence-corrected chi connectivity index (χ1v) is 7.22. The van der Waals surface area contributed by atoms with Crippen molar-refractivity contribution in [1.82, 2.24) is 4.90 Å². The molecule has 1 aliphatic heterocycles. The average Bonchev–Trinajstić information content (AvgIpc) is 2.38. The van der Waals surface area contributed by atoms with Crippen LogP contribution < -0.4 is 0 Å². The van der Waals surface area contributed by atoms with E-state index in [0.29, 0.717) is 12.8 Å². The van der Waals surface area contributed by atoms with Crippen molar-refractivity contribution in [2.75, 3.05) is 0 Å². The molecule has 0 aromatic rings. The largest absolute Gasteiger partial charge is 0.481 e. The smallest absolute Gasteiger partial charge is 0.307 e. The van der Waals surface area contributed by atoms with Crippen LogP contribution in [0.2, 0.25) is 0 Å². The van der Waals surface area contributed by atoms with E-state index in [0.717, 1.165) is 19.3 Å². The van der Waals surface area contributed by atoms with Crippen LogP contribution >= 0.6 is 0 Å². The van der Waals surface area contributed by atoms with Gasteiger partial charge < -0.3 is 10.0 Å². The summed E-state index contributed by atoms with van der Waals surface area (Å²) in [4.78, 5) is 26.0. The Kier molecular flexibility index (Phi) is 4.27. The molecule has 1 fully saturated rings. The summed E-state index contributed by atoms with van der Waals surface area (Å²) in [6.07, 6.45) is 8.06.